The topological polar surface area (TPSA) is 67.2 Å². The first-order valence-electron chi connectivity index (χ1n) is 5.72. The van der Waals surface area contributed by atoms with Gasteiger partial charge in [-0.3, -0.25) is 4.79 Å². The van der Waals surface area contributed by atoms with Gasteiger partial charge in [-0.05, 0) is 25.1 Å². The van der Waals surface area contributed by atoms with E-state index in [1.54, 1.807) is 6.07 Å². The predicted molar refractivity (Wildman–Crippen MR) is 67.6 cm³/mol. The van der Waals surface area contributed by atoms with Gasteiger partial charge in [0.05, 0.1) is 0 Å². The Morgan fingerprint density at radius 1 is 1.44 bits per heavy atom. The van der Waals surface area contributed by atoms with Crippen LogP contribution in [-0.4, -0.2) is 19.0 Å². The molecule has 0 saturated heterocycles. The van der Waals surface area contributed by atoms with Crippen molar-refractivity contribution in [3.05, 3.63) is 23.8 Å². The molecule has 4 N–H and O–H groups in total. The van der Waals surface area contributed by atoms with Gasteiger partial charge in [0.15, 0.2) is 0 Å². The second-order valence-corrected chi connectivity index (χ2v) is 3.78. The summed E-state index contributed by atoms with van der Waals surface area (Å²) >= 11 is 0. The largest absolute Gasteiger partial charge is 0.399 e. The minimum Gasteiger partial charge on any atom is -0.399 e. The van der Waals surface area contributed by atoms with Gasteiger partial charge in [0, 0.05) is 36.4 Å². The van der Waals surface area contributed by atoms with Crippen LogP contribution < -0.4 is 16.4 Å². The summed E-state index contributed by atoms with van der Waals surface area (Å²) in [5.74, 6) is -0.112. The highest BCUT2D eigenvalue weighted by Gasteiger charge is 2.13. The Bertz CT molecular complexity index is 410. The molecule has 0 radical (unpaired) electrons. The van der Waals surface area contributed by atoms with E-state index < -0.39 is 6.43 Å². The van der Waals surface area contributed by atoms with Crippen LogP contribution in [0, 0.1) is 0 Å². The molecule has 0 heterocycles. The Labute approximate surface area is 105 Å². The maximum absolute atomic E-state index is 12.7. The molecule has 0 aliphatic carbocycles. The molecule has 1 amide bonds. The number of anilines is 2. The van der Waals surface area contributed by atoms with E-state index in [1.165, 1.54) is 12.1 Å². The van der Waals surface area contributed by atoms with Crippen molar-refractivity contribution in [3.63, 3.8) is 0 Å². The maximum Gasteiger partial charge on any atom is 0.265 e. The minimum absolute atomic E-state index is 0.112. The summed E-state index contributed by atoms with van der Waals surface area (Å²) in [6.45, 7) is 2.68. The standard InChI is InChI=1S/C12H17F2N3O/c1-2-16-11(18)5-6-17-10-4-3-8(15)7-9(10)12(13)14/h3-4,7,12,17H,2,5-6,15H2,1H3,(H,16,18). The van der Waals surface area contributed by atoms with Crippen molar-refractivity contribution in [2.75, 3.05) is 24.1 Å². The van der Waals surface area contributed by atoms with E-state index in [2.05, 4.69) is 10.6 Å². The number of nitrogen functional groups attached to an aromatic ring is 1. The van der Waals surface area contributed by atoms with Crippen LogP contribution in [0.5, 0.6) is 0 Å². The highest BCUT2D eigenvalue weighted by molar-refractivity contribution is 5.76. The van der Waals surface area contributed by atoms with Crippen molar-refractivity contribution in [1.29, 1.82) is 0 Å². The molecule has 6 heteroatoms. The molecular weight excluding hydrogens is 240 g/mol. The van der Waals surface area contributed by atoms with Crippen molar-refractivity contribution < 1.29 is 13.6 Å². The van der Waals surface area contributed by atoms with Gasteiger partial charge in [0.1, 0.15) is 0 Å². The molecule has 0 aliphatic rings. The van der Waals surface area contributed by atoms with Gasteiger partial charge in [-0.25, -0.2) is 8.78 Å². The van der Waals surface area contributed by atoms with E-state index in [1.807, 2.05) is 6.92 Å². The summed E-state index contributed by atoms with van der Waals surface area (Å²) < 4.78 is 25.5. The number of carbonyl (C=O) groups excluding carboxylic acids is 1. The third-order valence-corrected chi connectivity index (χ3v) is 2.35. The Balaban J connectivity index is 2.59. The Morgan fingerprint density at radius 3 is 2.78 bits per heavy atom. The van der Waals surface area contributed by atoms with Gasteiger partial charge < -0.3 is 16.4 Å². The molecule has 100 valence electrons. The molecule has 0 spiro atoms. The number of nitrogens with two attached hydrogens (primary N) is 1. The highest BCUT2D eigenvalue weighted by Crippen LogP contribution is 2.28. The van der Waals surface area contributed by atoms with Gasteiger partial charge in [0.2, 0.25) is 5.91 Å². The molecule has 0 saturated carbocycles. The lowest BCUT2D eigenvalue weighted by Crippen LogP contribution is -2.24. The Morgan fingerprint density at radius 2 is 2.17 bits per heavy atom. The van der Waals surface area contributed by atoms with E-state index in [0.717, 1.165) is 0 Å². The first-order chi connectivity index (χ1) is 8.54. The zero-order valence-corrected chi connectivity index (χ0v) is 10.2. The summed E-state index contributed by atoms with van der Waals surface area (Å²) in [6, 6.07) is 4.27. The van der Waals surface area contributed by atoms with Crippen molar-refractivity contribution >= 4 is 17.3 Å². The lowest BCUT2D eigenvalue weighted by Gasteiger charge is -2.12. The fourth-order valence-electron chi connectivity index (χ4n) is 1.52. The molecule has 18 heavy (non-hydrogen) atoms. The van der Waals surface area contributed by atoms with Gasteiger partial charge in [-0.1, -0.05) is 0 Å². The summed E-state index contributed by atoms with van der Waals surface area (Å²) in [5.41, 5.74) is 5.91. The highest BCUT2D eigenvalue weighted by atomic mass is 19.3. The molecule has 0 fully saturated rings. The second-order valence-electron chi connectivity index (χ2n) is 3.78. The van der Waals surface area contributed by atoms with Crippen LogP contribution in [0.15, 0.2) is 18.2 Å². The van der Waals surface area contributed by atoms with Gasteiger partial charge in [-0.2, -0.15) is 0 Å². The molecule has 0 aliphatic heterocycles. The molecular formula is C12H17F2N3O. The Hall–Kier alpha value is -1.85. The number of rotatable bonds is 6. The van der Waals surface area contributed by atoms with Crippen LogP contribution in [0.25, 0.3) is 0 Å². The fourth-order valence-corrected chi connectivity index (χ4v) is 1.52. The molecule has 0 aromatic heterocycles. The molecule has 4 nitrogen and oxygen atoms in total. The summed E-state index contributed by atoms with van der Waals surface area (Å²) in [5, 5.41) is 5.45. The fraction of sp³-hybridized carbons (Fsp3) is 0.417. The average molecular weight is 257 g/mol. The van der Waals surface area contributed by atoms with Crippen LogP contribution in [0.2, 0.25) is 0 Å². The third kappa shape index (κ3) is 4.20. The first-order valence-corrected chi connectivity index (χ1v) is 5.72. The second kappa shape index (κ2) is 6.78. The molecule has 0 unspecified atom stereocenters. The zero-order valence-electron chi connectivity index (χ0n) is 10.2. The normalized spacial score (nSPS) is 10.4. The van der Waals surface area contributed by atoms with Gasteiger partial charge in [0.25, 0.3) is 6.43 Å². The van der Waals surface area contributed by atoms with E-state index in [9.17, 15) is 13.6 Å². The number of alkyl halides is 2. The van der Waals surface area contributed by atoms with E-state index in [-0.39, 0.29) is 17.9 Å². The molecule has 1 aromatic carbocycles. The molecule has 0 bridgehead atoms. The zero-order chi connectivity index (χ0) is 13.5. The summed E-state index contributed by atoms with van der Waals surface area (Å²) in [7, 11) is 0. The SMILES string of the molecule is CCNC(=O)CCNc1ccc(N)cc1C(F)F. The number of halogens is 2. The monoisotopic (exact) mass is 257 g/mol. The number of hydrogen-bond donors (Lipinski definition) is 3. The molecule has 0 atom stereocenters. The first kappa shape index (κ1) is 14.2. The number of amides is 1. The van der Waals surface area contributed by atoms with Crippen molar-refractivity contribution in [3.8, 4) is 0 Å². The van der Waals surface area contributed by atoms with E-state index in [0.29, 0.717) is 24.5 Å². The maximum atomic E-state index is 12.7. The lowest BCUT2D eigenvalue weighted by molar-refractivity contribution is -0.120. The van der Waals surface area contributed by atoms with E-state index in [4.69, 9.17) is 5.73 Å². The lowest BCUT2D eigenvalue weighted by atomic mass is 10.1. The van der Waals surface area contributed by atoms with Crippen LogP contribution in [0.1, 0.15) is 25.3 Å². The average Bonchev–Trinajstić information content (AvgIpc) is 2.31. The Kier molecular flexibility index (Phi) is 5.35. The predicted octanol–water partition coefficient (Wildman–Crippen LogP) is 2.14. The van der Waals surface area contributed by atoms with Crippen molar-refractivity contribution in [2.24, 2.45) is 0 Å². The quantitative estimate of drug-likeness (QED) is 0.684. The minimum atomic E-state index is -2.60. The number of benzene rings is 1. The summed E-state index contributed by atoms with van der Waals surface area (Å²) in [4.78, 5) is 11.2. The van der Waals surface area contributed by atoms with Gasteiger partial charge >= 0.3 is 0 Å². The smallest absolute Gasteiger partial charge is 0.265 e. The number of hydrogen-bond acceptors (Lipinski definition) is 3. The summed E-state index contributed by atoms with van der Waals surface area (Å²) in [6.07, 6.45) is -2.36. The van der Waals surface area contributed by atoms with Crippen molar-refractivity contribution in [1.82, 2.24) is 5.32 Å². The van der Waals surface area contributed by atoms with Crippen molar-refractivity contribution in [2.45, 2.75) is 19.8 Å². The van der Waals surface area contributed by atoms with Crippen LogP contribution in [0.3, 0.4) is 0 Å². The number of carbonyl (C=O) groups is 1. The van der Waals surface area contributed by atoms with E-state index >= 15 is 0 Å². The third-order valence-electron chi connectivity index (χ3n) is 2.35. The van der Waals surface area contributed by atoms with Crippen LogP contribution >= 0.6 is 0 Å². The van der Waals surface area contributed by atoms with Crippen LogP contribution in [0.4, 0.5) is 20.2 Å². The van der Waals surface area contributed by atoms with Gasteiger partial charge in [-0.15, -0.1) is 0 Å². The molecule has 1 rings (SSSR count). The number of nitrogens with one attached hydrogen (secondary N) is 2. The van der Waals surface area contributed by atoms with Crippen LogP contribution in [-0.2, 0) is 4.79 Å². The molecule has 1 aromatic rings.